The number of likely N-dealkylation sites (N-methyl/N-ethyl adjacent to an activating group) is 1. The van der Waals surface area contributed by atoms with Gasteiger partial charge in [0.05, 0.1) is 11.1 Å². The maximum Gasteiger partial charge on any atom is 0.254 e. The van der Waals surface area contributed by atoms with E-state index in [-0.39, 0.29) is 17.4 Å². The van der Waals surface area contributed by atoms with Crippen molar-refractivity contribution in [2.24, 2.45) is 0 Å². The van der Waals surface area contributed by atoms with Crippen LogP contribution in [0.15, 0.2) is 16.8 Å². The third-order valence-electron chi connectivity index (χ3n) is 4.73. The van der Waals surface area contributed by atoms with Gasteiger partial charge in [-0.05, 0) is 37.1 Å². The van der Waals surface area contributed by atoms with E-state index in [0.717, 1.165) is 37.8 Å². The monoisotopic (exact) mass is 292 g/mol. The van der Waals surface area contributed by atoms with Crippen LogP contribution in [0, 0.1) is 0 Å². The second-order valence-corrected chi connectivity index (χ2v) is 6.65. The molecule has 3 rings (SSSR count). The zero-order valence-corrected chi connectivity index (χ0v) is 12.6. The van der Waals surface area contributed by atoms with Gasteiger partial charge < -0.3 is 9.80 Å². The fourth-order valence-corrected chi connectivity index (χ4v) is 4.13. The molecule has 0 aliphatic carbocycles. The SMILES string of the molecule is CN1C(=O)CCCC12CCCN(C(=O)c1ccsc1)C2. The van der Waals surface area contributed by atoms with Gasteiger partial charge >= 0.3 is 0 Å². The Bertz CT molecular complexity index is 510. The molecule has 1 spiro atoms. The average Bonchev–Trinajstić information content (AvgIpc) is 2.98. The van der Waals surface area contributed by atoms with Crippen molar-refractivity contribution in [1.29, 1.82) is 0 Å². The molecule has 2 saturated heterocycles. The van der Waals surface area contributed by atoms with Gasteiger partial charge in [0.1, 0.15) is 0 Å². The lowest BCUT2D eigenvalue weighted by Crippen LogP contribution is -2.61. The van der Waals surface area contributed by atoms with Crippen LogP contribution in [0.3, 0.4) is 0 Å². The minimum Gasteiger partial charge on any atom is -0.338 e. The van der Waals surface area contributed by atoms with Crippen molar-refractivity contribution in [3.8, 4) is 0 Å². The fraction of sp³-hybridized carbons (Fsp3) is 0.600. The molecule has 0 radical (unpaired) electrons. The second kappa shape index (κ2) is 5.20. The molecule has 2 aliphatic heterocycles. The van der Waals surface area contributed by atoms with E-state index in [2.05, 4.69) is 0 Å². The molecule has 0 bridgehead atoms. The van der Waals surface area contributed by atoms with E-state index >= 15 is 0 Å². The van der Waals surface area contributed by atoms with Gasteiger partial charge in [-0.3, -0.25) is 9.59 Å². The Morgan fingerprint density at radius 1 is 1.35 bits per heavy atom. The molecule has 1 atom stereocenters. The van der Waals surface area contributed by atoms with Gasteiger partial charge in [0, 0.05) is 31.9 Å². The lowest BCUT2D eigenvalue weighted by Gasteiger charge is -2.50. The molecule has 2 aliphatic rings. The highest BCUT2D eigenvalue weighted by atomic mass is 32.1. The summed E-state index contributed by atoms with van der Waals surface area (Å²) >= 11 is 1.55. The Balaban J connectivity index is 1.79. The highest BCUT2D eigenvalue weighted by Gasteiger charge is 2.44. The highest BCUT2D eigenvalue weighted by Crippen LogP contribution is 2.36. The van der Waals surface area contributed by atoms with Crippen molar-refractivity contribution >= 4 is 23.2 Å². The summed E-state index contributed by atoms with van der Waals surface area (Å²) in [7, 11) is 1.90. The first-order valence-electron chi connectivity index (χ1n) is 7.21. The number of carbonyl (C=O) groups excluding carboxylic acids is 2. The minimum absolute atomic E-state index is 0.108. The van der Waals surface area contributed by atoms with Gasteiger partial charge in [-0.1, -0.05) is 0 Å². The van der Waals surface area contributed by atoms with E-state index in [1.54, 1.807) is 11.3 Å². The number of piperidine rings is 2. The van der Waals surface area contributed by atoms with Crippen LogP contribution in [-0.2, 0) is 4.79 Å². The summed E-state index contributed by atoms with van der Waals surface area (Å²) in [5.74, 6) is 0.331. The summed E-state index contributed by atoms with van der Waals surface area (Å²) in [6.45, 7) is 1.49. The maximum absolute atomic E-state index is 12.5. The summed E-state index contributed by atoms with van der Waals surface area (Å²) in [6, 6.07) is 1.88. The number of likely N-dealkylation sites (tertiary alicyclic amines) is 2. The molecule has 0 saturated carbocycles. The third kappa shape index (κ3) is 2.24. The zero-order valence-electron chi connectivity index (χ0n) is 11.8. The molecule has 0 aromatic carbocycles. The van der Waals surface area contributed by atoms with Crippen LogP contribution in [0.4, 0.5) is 0 Å². The molecular formula is C15H20N2O2S. The fourth-order valence-electron chi connectivity index (χ4n) is 3.50. The summed E-state index contributed by atoms with van der Waals surface area (Å²) in [6.07, 6.45) is 4.61. The summed E-state index contributed by atoms with van der Waals surface area (Å²) < 4.78 is 0. The molecule has 108 valence electrons. The number of hydrogen-bond donors (Lipinski definition) is 0. The van der Waals surface area contributed by atoms with Crippen molar-refractivity contribution in [3.63, 3.8) is 0 Å². The van der Waals surface area contributed by atoms with Gasteiger partial charge in [0.2, 0.25) is 5.91 Å². The van der Waals surface area contributed by atoms with Crippen molar-refractivity contribution in [2.45, 2.75) is 37.6 Å². The highest BCUT2D eigenvalue weighted by molar-refractivity contribution is 7.08. The topological polar surface area (TPSA) is 40.6 Å². The molecule has 2 fully saturated rings. The molecule has 5 heteroatoms. The van der Waals surface area contributed by atoms with Gasteiger partial charge in [0.25, 0.3) is 5.91 Å². The first-order valence-corrected chi connectivity index (χ1v) is 8.15. The van der Waals surface area contributed by atoms with Crippen molar-refractivity contribution < 1.29 is 9.59 Å². The Morgan fingerprint density at radius 2 is 2.15 bits per heavy atom. The Hall–Kier alpha value is -1.36. The van der Waals surface area contributed by atoms with Crippen LogP contribution in [0.5, 0.6) is 0 Å². The predicted molar refractivity (Wildman–Crippen MR) is 78.8 cm³/mol. The molecule has 2 amide bonds. The third-order valence-corrected chi connectivity index (χ3v) is 5.41. The van der Waals surface area contributed by atoms with E-state index in [0.29, 0.717) is 13.0 Å². The Morgan fingerprint density at radius 3 is 2.90 bits per heavy atom. The first-order chi connectivity index (χ1) is 9.62. The lowest BCUT2D eigenvalue weighted by molar-refractivity contribution is -0.142. The van der Waals surface area contributed by atoms with Gasteiger partial charge in [0.15, 0.2) is 0 Å². The number of rotatable bonds is 1. The molecule has 1 aromatic heterocycles. The van der Waals surface area contributed by atoms with Crippen molar-refractivity contribution in [3.05, 3.63) is 22.4 Å². The van der Waals surface area contributed by atoms with Crippen LogP contribution in [0.2, 0.25) is 0 Å². The van der Waals surface area contributed by atoms with E-state index in [1.165, 1.54) is 0 Å². The molecular weight excluding hydrogens is 272 g/mol. The number of thiophene rings is 1. The van der Waals surface area contributed by atoms with Crippen LogP contribution in [-0.4, -0.2) is 47.3 Å². The Labute approximate surface area is 123 Å². The number of nitrogens with zero attached hydrogens (tertiary/aromatic N) is 2. The number of amides is 2. The van der Waals surface area contributed by atoms with Crippen LogP contribution >= 0.6 is 11.3 Å². The standard InChI is InChI=1S/C15H20N2O2S/c1-16-13(18)4-2-6-15(16)7-3-8-17(11-15)14(19)12-5-9-20-10-12/h5,9-10H,2-4,6-8,11H2,1H3. The number of hydrogen-bond acceptors (Lipinski definition) is 3. The van der Waals surface area contributed by atoms with Crippen LogP contribution < -0.4 is 0 Å². The first kappa shape index (κ1) is 13.6. The van der Waals surface area contributed by atoms with Crippen LogP contribution in [0.1, 0.15) is 42.5 Å². The molecule has 3 heterocycles. The largest absolute Gasteiger partial charge is 0.338 e. The zero-order chi connectivity index (χ0) is 14.2. The van der Waals surface area contributed by atoms with Gasteiger partial charge in [-0.15, -0.1) is 0 Å². The number of carbonyl (C=O) groups is 2. The second-order valence-electron chi connectivity index (χ2n) is 5.87. The molecule has 0 N–H and O–H groups in total. The Kier molecular flexibility index (Phi) is 3.54. The van der Waals surface area contributed by atoms with E-state index in [4.69, 9.17) is 0 Å². The normalized spacial score (nSPS) is 27.1. The van der Waals surface area contributed by atoms with E-state index in [1.807, 2.05) is 33.7 Å². The summed E-state index contributed by atoms with van der Waals surface area (Å²) in [5.41, 5.74) is 0.649. The van der Waals surface area contributed by atoms with E-state index in [9.17, 15) is 9.59 Å². The molecule has 4 nitrogen and oxygen atoms in total. The minimum atomic E-state index is -0.126. The van der Waals surface area contributed by atoms with Crippen LogP contribution in [0.25, 0.3) is 0 Å². The lowest BCUT2D eigenvalue weighted by atomic mass is 9.80. The average molecular weight is 292 g/mol. The predicted octanol–water partition coefficient (Wildman–Crippen LogP) is 2.37. The van der Waals surface area contributed by atoms with Crippen molar-refractivity contribution in [1.82, 2.24) is 9.80 Å². The van der Waals surface area contributed by atoms with Gasteiger partial charge in [-0.2, -0.15) is 11.3 Å². The van der Waals surface area contributed by atoms with Crippen molar-refractivity contribution in [2.75, 3.05) is 20.1 Å². The van der Waals surface area contributed by atoms with E-state index < -0.39 is 0 Å². The van der Waals surface area contributed by atoms with Gasteiger partial charge in [-0.25, -0.2) is 0 Å². The molecule has 1 unspecified atom stereocenters. The molecule has 20 heavy (non-hydrogen) atoms. The smallest absolute Gasteiger partial charge is 0.254 e. The molecule has 1 aromatic rings. The summed E-state index contributed by atoms with van der Waals surface area (Å²) in [5, 5.41) is 3.84. The maximum atomic E-state index is 12.5. The quantitative estimate of drug-likeness (QED) is 0.797. The summed E-state index contributed by atoms with van der Waals surface area (Å²) in [4.78, 5) is 28.3.